The summed E-state index contributed by atoms with van der Waals surface area (Å²) >= 11 is 1.19. The fourth-order valence-corrected chi connectivity index (χ4v) is 3.48. The van der Waals surface area contributed by atoms with E-state index in [4.69, 9.17) is 5.26 Å². The third-order valence-corrected chi connectivity index (χ3v) is 4.21. The Kier molecular flexibility index (Phi) is 4.45. The number of nitrogens with one attached hydrogen (secondary N) is 1. The molecule has 0 bridgehead atoms. The van der Waals surface area contributed by atoms with Crippen molar-refractivity contribution in [3.05, 3.63) is 23.3 Å². The third kappa shape index (κ3) is 2.93. The molecule has 0 fully saturated rings. The van der Waals surface area contributed by atoms with Gasteiger partial charge in [-0.1, -0.05) is 0 Å². The van der Waals surface area contributed by atoms with Gasteiger partial charge in [0.2, 0.25) is 5.91 Å². The molecule has 6 nitrogen and oxygen atoms in total. The fourth-order valence-electron chi connectivity index (χ4n) is 2.20. The number of hydrogen-bond acceptors (Lipinski definition) is 6. The van der Waals surface area contributed by atoms with Gasteiger partial charge in [0.15, 0.2) is 0 Å². The van der Waals surface area contributed by atoms with Crippen molar-refractivity contribution in [2.75, 3.05) is 19.4 Å². The molecule has 114 valence electrons. The first-order valence-electron chi connectivity index (χ1n) is 6.49. The molecule has 22 heavy (non-hydrogen) atoms. The topological polar surface area (TPSA) is 93.4 Å². The number of amides is 1. The predicted molar refractivity (Wildman–Crippen MR) is 85.1 cm³/mol. The molecule has 2 N–H and O–H groups in total. The molecule has 2 rings (SSSR count). The van der Waals surface area contributed by atoms with Crippen LogP contribution in [0.3, 0.4) is 0 Å². The monoisotopic (exact) mass is 317 g/mol. The number of hydrogen-bond donors (Lipinski definition) is 2. The molecule has 1 aromatic carbocycles. The molecule has 0 unspecified atom stereocenters. The van der Waals surface area contributed by atoms with E-state index in [2.05, 4.69) is 5.32 Å². The fraction of sp³-hybridized carbons (Fsp3) is 0.267. The van der Waals surface area contributed by atoms with Crippen molar-refractivity contribution in [1.82, 2.24) is 4.90 Å². The largest absolute Gasteiger partial charge is 0.508 e. The molecule has 1 aromatic heterocycles. The van der Waals surface area contributed by atoms with E-state index in [-0.39, 0.29) is 17.2 Å². The maximum atomic E-state index is 11.9. The van der Waals surface area contributed by atoms with Crippen LogP contribution in [0.4, 0.5) is 5.00 Å². The lowest BCUT2D eigenvalue weighted by Gasteiger charge is -2.12. The lowest BCUT2D eigenvalue weighted by molar-refractivity contribution is -0.114. The van der Waals surface area contributed by atoms with Crippen LogP contribution in [0.1, 0.15) is 22.8 Å². The van der Waals surface area contributed by atoms with Gasteiger partial charge in [0.05, 0.1) is 5.56 Å². The van der Waals surface area contributed by atoms with Crippen LogP contribution >= 0.6 is 11.3 Å². The zero-order valence-corrected chi connectivity index (χ0v) is 13.2. The zero-order valence-electron chi connectivity index (χ0n) is 12.4. The number of rotatable bonds is 4. The van der Waals surface area contributed by atoms with Gasteiger partial charge in [-0.3, -0.25) is 9.59 Å². The van der Waals surface area contributed by atoms with Crippen LogP contribution in [0.5, 0.6) is 5.75 Å². The Hall–Kier alpha value is -2.43. The van der Waals surface area contributed by atoms with Gasteiger partial charge >= 0.3 is 0 Å². The van der Waals surface area contributed by atoms with Crippen molar-refractivity contribution in [2.24, 2.45) is 0 Å². The summed E-state index contributed by atoms with van der Waals surface area (Å²) in [5.41, 5.74) is 0.841. The van der Waals surface area contributed by atoms with E-state index in [1.807, 2.05) is 19.0 Å². The van der Waals surface area contributed by atoms with Crippen LogP contribution < -0.4 is 5.32 Å². The van der Waals surface area contributed by atoms with Crippen molar-refractivity contribution in [1.29, 1.82) is 5.26 Å². The Morgan fingerprint density at radius 3 is 2.64 bits per heavy atom. The summed E-state index contributed by atoms with van der Waals surface area (Å²) in [5, 5.41) is 22.5. The Labute approximate surface area is 131 Å². The number of phenolic OH excluding ortho intramolecular Hbond substituents is 1. The normalized spacial score (nSPS) is 10.7. The third-order valence-electron chi connectivity index (χ3n) is 3.03. The molecular weight excluding hydrogens is 302 g/mol. The number of ketones is 1. The number of thiophene rings is 1. The standard InChI is InChI=1S/C15H15N3O3S/c1-8(19)17-15-13(12(21)6-16)9-4-5-11(20)10(7-18(2)3)14(9)22-15/h4-5,20H,7H2,1-3H3,(H,17,19). The van der Waals surface area contributed by atoms with E-state index < -0.39 is 5.78 Å². The van der Waals surface area contributed by atoms with Gasteiger partial charge in [0.1, 0.15) is 16.8 Å². The average molecular weight is 317 g/mol. The Balaban J connectivity index is 2.77. The van der Waals surface area contributed by atoms with E-state index in [0.717, 1.165) is 0 Å². The van der Waals surface area contributed by atoms with Gasteiger partial charge in [0, 0.05) is 29.1 Å². The number of carbonyl (C=O) groups is 2. The number of nitrogens with zero attached hydrogens (tertiary/aromatic N) is 2. The van der Waals surface area contributed by atoms with Crippen LogP contribution in [0, 0.1) is 11.3 Å². The number of carbonyl (C=O) groups excluding carboxylic acids is 2. The summed E-state index contributed by atoms with van der Waals surface area (Å²) in [6.07, 6.45) is 0. The van der Waals surface area contributed by atoms with Gasteiger partial charge in [-0.05, 0) is 26.2 Å². The Morgan fingerprint density at radius 1 is 1.41 bits per heavy atom. The first-order chi connectivity index (χ1) is 10.3. The molecule has 1 amide bonds. The minimum Gasteiger partial charge on any atom is -0.508 e. The number of phenols is 1. The first-order valence-corrected chi connectivity index (χ1v) is 7.31. The summed E-state index contributed by atoms with van der Waals surface area (Å²) in [6.45, 7) is 1.81. The second kappa shape index (κ2) is 6.13. The van der Waals surface area contributed by atoms with Crippen LogP contribution in [-0.2, 0) is 11.3 Å². The number of anilines is 1. The van der Waals surface area contributed by atoms with Crippen molar-refractivity contribution in [2.45, 2.75) is 13.5 Å². The van der Waals surface area contributed by atoms with E-state index >= 15 is 0 Å². The summed E-state index contributed by atoms with van der Waals surface area (Å²) in [6, 6.07) is 4.68. The second-order valence-corrected chi connectivity index (χ2v) is 6.13. The highest BCUT2D eigenvalue weighted by atomic mass is 32.1. The molecule has 0 radical (unpaired) electrons. The Bertz CT molecular complexity index is 802. The van der Waals surface area contributed by atoms with Gasteiger partial charge in [-0.15, -0.1) is 11.3 Å². The molecule has 2 aromatic rings. The quantitative estimate of drug-likeness (QED) is 0.667. The van der Waals surface area contributed by atoms with Crippen LogP contribution in [0.2, 0.25) is 0 Å². The van der Waals surface area contributed by atoms with Crippen LogP contribution in [0.15, 0.2) is 12.1 Å². The van der Waals surface area contributed by atoms with Crippen molar-refractivity contribution < 1.29 is 14.7 Å². The number of aromatic hydroxyl groups is 1. The maximum absolute atomic E-state index is 11.9. The van der Waals surface area contributed by atoms with Gasteiger partial charge in [-0.25, -0.2) is 0 Å². The first kappa shape index (κ1) is 15.9. The van der Waals surface area contributed by atoms with Crippen molar-refractivity contribution in [3.8, 4) is 11.8 Å². The zero-order chi connectivity index (χ0) is 16.4. The molecule has 1 heterocycles. The molecule has 0 spiro atoms. The summed E-state index contributed by atoms with van der Waals surface area (Å²) in [5.74, 6) is -0.916. The summed E-state index contributed by atoms with van der Waals surface area (Å²) < 4.78 is 0.691. The number of fused-ring (bicyclic) bond motifs is 1. The smallest absolute Gasteiger partial charge is 0.265 e. The minimum absolute atomic E-state index is 0.118. The molecule has 0 aliphatic rings. The van der Waals surface area contributed by atoms with Crippen LogP contribution in [0.25, 0.3) is 10.1 Å². The summed E-state index contributed by atoms with van der Waals surface area (Å²) in [7, 11) is 3.73. The highest BCUT2D eigenvalue weighted by molar-refractivity contribution is 7.23. The lowest BCUT2D eigenvalue weighted by atomic mass is 10.1. The molecule has 0 atom stereocenters. The summed E-state index contributed by atoms with van der Waals surface area (Å²) in [4.78, 5) is 25.1. The maximum Gasteiger partial charge on any atom is 0.265 e. The highest BCUT2D eigenvalue weighted by Gasteiger charge is 2.22. The van der Waals surface area contributed by atoms with E-state index in [1.165, 1.54) is 24.3 Å². The van der Waals surface area contributed by atoms with Crippen molar-refractivity contribution >= 4 is 38.1 Å². The Morgan fingerprint density at radius 2 is 2.09 bits per heavy atom. The van der Waals surface area contributed by atoms with E-state index in [1.54, 1.807) is 12.1 Å². The number of nitriles is 1. The molecule has 0 aliphatic carbocycles. The highest BCUT2D eigenvalue weighted by Crippen LogP contribution is 2.41. The SMILES string of the molecule is CC(=O)Nc1sc2c(CN(C)C)c(O)ccc2c1C(=O)C#N. The lowest BCUT2D eigenvalue weighted by Crippen LogP contribution is -2.10. The van der Waals surface area contributed by atoms with Gasteiger partial charge < -0.3 is 15.3 Å². The minimum atomic E-state index is -0.712. The number of benzene rings is 1. The van der Waals surface area contributed by atoms with Gasteiger partial charge in [-0.2, -0.15) is 5.26 Å². The molecule has 0 saturated heterocycles. The second-order valence-electron chi connectivity index (χ2n) is 5.11. The van der Waals surface area contributed by atoms with Crippen molar-refractivity contribution in [3.63, 3.8) is 0 Å². The van der Waals surface area contributed by atoms with E-state index in [0.29, 0.717) is 27.2 Å². The van der Waals surface area contributed by atoms with E-state index in [9.17, 15) is 14.7 Å². The average Bonchev–Trinajstić information content (AvgIpc) is 2.78. The predicted octanol–water partition coefficient (Wildman–Crippen LogP) is 2.33. The molecule has 0 saturated carbocycles. The molecular formula is C15H15N3O3S. The molecule has 0 aliphatic heterocycles. The molecule has 7 heteroatoms. The number of Topliss-reactive ketones (excluding diaryl/α,β-unsaturated/α-hetero) is 1. The van der Waals surface area contributed by atoms with Crippen LogP contribution in [-0.4, -0.2) is 35.8 Å². The van der Waals surface area contributed by atoms with Gasteiger partial charge in [0.25, 0.3) is 5.78 Å².